The van der Waals surface area contributed by atoms with Gasteiger partial charge in [0.25, 0.3) is 0 Å². The van der Waals surface area contributed by atoms with Crippen LogP contribution in [0.4, 0.5) is 0 Å². The van der Waals surface area contributed by atoms with Crippen LogP contribution < -0.4 is 0 Å². The molecule has 0 aliphatic carbocycles. The maximum Gasteiger partial charge on any atom is 0.164 e. The maximum absolute atomic E-state index is 5.42. The van der Waals surface area contributed by atoms with Crippen molar-refractivity contribution in [1.29, 1.82) is 0 Å². The Morgan fingerprint density at radius 3 is 1.42 bits per heavy atom. The molecule has 0 saturated carbocycles. The van der Waals surface area contributed by atoms with Crippen LogP contribution in [0.15, 0.2) is 243 Å². The van der Waals surface area contributed by atoms with Crippen LogP contribution in [-0.4, -0.2) is 29.1 Å². The van der Waals surface area contributed by atoms with E-state index in [0.717, 1.165) is 72.4 Å². The van der Waals surface area contributed by atoms with Gasteiger partial charge in [0, 0.05) is 102 Å². The van der Waals surface area contributed by atoms with Crippen molar-refractivity contribution in [2.45, 2.75) is 0 Å². The third kappa shape index (κ3) is 6.58. The van der Waals surface area contributed by atoms with Crippen molar-refractivity contribution in [3.05, 3.63) is 243 Å². The van der Waals surface area contributed by atoms with Crippen molar-refractivity contribution in [1.82, 2.24) is 29.1 Å². The predicted molar refractivity (Wildman–Crippen MR) is 319 cm³/mol. The molecule has 0 aliphatic rings. The number of pyridine rings is 1. The Balaban J connectivity index is 1.04. The van der Waals surface area contributed by atoms with Gasteiger partial charge in [-0.3, -0.25) is 4.98 Å². The number of aromatic nitrogens is 6. The second-order valence-corrected chi connectivity index (χ2v) is 21.4. The third-order valence-electron chi connectivity index (χ3n) is 15.1. The molecule has 16 aromatic rings. The molecule has 0 fully saturated rings. The average Bonchev–Trinajstić information content (AvgIpc) is 4.37. The van der Waals surface area contributed by atoms with E-state index in [4.69, 9.17) is 15.0 Å². The second kappa shape index (κ2) is 17.0. The molecule has 0 aliphatic heterocycles. The van der Waals surface area contributed by atoms with E-state index in [1.165, 1.54) is 61.9 Å². The molecule has 76 heavy (non-hydrogen) atoms. The Kier molecular flexibility index (Phi) is 9.57. The van der Waals surface area contributed by atoms with Crippen LogP contribution in [0, 0.1) is 0 Å². The molecule has 0 radical (unpaired) electrons. The van der Waals surface area contributed by atoms with E-state index in [-0.39, 0.29) is 0 Å². The second-order valence-electron chi connectivity index (χ2n) is 19.3. The number of nitrogens with zero attached hydrogens (tertiary/aromatic N) is 6. The Bertz CT molecular complexity index is 4940. The number of thiophene rings is 2. The average molecular weight is 1010 g/mol. The van der Waals surface area contributed by atoms with Crippen molar-refractivity contribution >= 4 is 107 Å². The predicted octanol–water partition coefficient (Wildman–Crippen LogP) is 18.5. The molecule has 6 heterocycles. The van der Waals surface area contributed by atoms with Gasteiger partial charge in [0.15, 0.2) is 17.5 Å². The van der Waals surface area contributed by atoms with Crippen LogP contribution in [0.1, 0.15) is 0 Å². The van der Waals surface area contributed by atoms with Crippen molar-refractivity contribution in [2.24, 2.45) is 0 Å². The van der Waals surface area contributed by atoms with Gasteiger partial charge in [0.2, 0.25) is 0 Å². The van der Waals surface area contributed by atoms with Gasteiger partial charge >= 0.3 is 0 Å². The van der Waals surface area contributed by atoms with Crippen molar-refractivity contribution in [2.75, 3.05) is 0 Å². The normalized spacial score (nSPS) is 11.9. The van der Waals surface area contributed by atoms with Gasteiger partial charge in [-0.2, -0.15) is 0 Å². The molecule has 16 rings (SSSR count). The number of hydrogen-bond acceptors (Lipinski definition) is 6. The SMILES string of the molecule is c1ccc(-c2nc(-c3ccccc3)nc(-c3ccc(-n4c5ccccc5c5c6sc7ccccc7c6ccc54)cc3-c3cc(-c4ccncc4)ccc3-n3c4ccccc4c4c5sc6ccccc6c5ccc43)n2)cc1. The number of rotatable bonds is 7. The van der Waals surface area contributed by atoms with E-state index in [1.54, 1.807) is 0 Å². The standard InChI is InChI=1S/C68H40N6S2/c1-3-15-42(16-4-1)66-70-67(43-17-5-2-6-18-43)72-68(71-66)50-29-28-45(73-55-23-11-7-21-51(55)62-58(73)33-30-48-46-19-9-13-25-60(46)75-64(48)62)40-53(50)54-39-44(41-35-37-69-38-36-41)27-32-57(54)74-56-24-12-8-22-52(56)63-59(74)34-31-49-47-20-10-14-26-61(47)76-65(49)63/h1-40H. The Labute approximate surface area is 443 Å². The molecule has 354 valence electrons. The van der Waals surface area contributed by atoms with E-state index in [0.29, 0.717) is 17.5 Å². The third-order valence-corrected chi connectivity index (χ3v) is 17.5. The molecule has 0 spiro atoms. The summed E-state index contributed by atoms with van der Waals surface area (Å²) in [4.78, 5) is 20.4. The van der Waals surface area contributed by atoms with Gasteiger partial charge in [-0.25, -0.2) is 15.0 Å². The molecule has 6 aromatic heterocycles. The van der Waals surface area contributed by atoms with E-state index in [1.807, 2.05) is 71.5 Å². The first-order chi connectivity index (χ1) is 37.7. The fraction of sp³-hybridized carbons (Fsp3) is 0. The van der Waals surface area contributed by atoms with E-state index >= 15 is 0 Å². The largest absolute Gasteiger partial charge is 0.309 e. The van der Waals surface area contributed by atoms with Crippen LogP contribution in [0.25, 0.3) is 152 Å². The molecule has 0 N–H and O–H groups in total. The topological polar surface area (TPSA) is 61.4 Å². The van der Waals surface area contributed by atoms with Gasteiger partial charge in [-0.05, 0) is 95.6 Å². The molecule has 0 bridgehead atoms. The van der Waals surface area contributed by atoms with Crippen LogP contribution in [0.2, 0.25) is 0 Å². The molecular weight excluding hydrogens is 965 g/mol. The first-order valence-corrected chi connectivity index (χ1v) is 27.1. The smallest absolute Gasteiger partial charge is 0.164 e. The van der Waals surface area contributed by atoms with Gasteiger partial charge in [0.1, 0.15) is 0 Å². The molecule has 0 unspecified atom stereocenters. The number of hydrogen-bond donors (Lipinski definition) is 0. The lowest BCUT2D eigenvalue weighted by Gasteiger charge is -2.20. The first kappa shape index (κ1) is 42.9. The van der Waals surface area contributed by atoms with Crippen LogP contribution in [0.3, 0.4) is 0 Å². The lowest BCUT2D eigenvalue weighted by molar-refractivity contribution is 1.07. The molecule has 10 aromatic carbocycles. The lowest BCUT2D eigenvalue weighted by atomic mass is 9.93. The highest BCUT2D eigenvalue weighted by Crippen LogP contribution is 2.48. The zero-order chi connectivity index (χ0) is 49.8. The fourth-order valence-electron chi connectivity index (χ4n) is 11.7. The summed E-state index contributed by atoms with van der Waals surface area (Å²) < 4.78 is 10.1. The van der Waals surface area contributed by atoms with E-state index in [9.17, 15) is 0 Å². The number of fused-ring (bicyclic) bond motifs is 14. The summed E-state index contributed by atoms with van der Waals surface area (Å²) in [7, 11) is 0. The van der Waals surface area contributed by atoms with E-state index in [2.05, 4.69) is 208 Å². The number of para-hydroxylation sites is 2. The Hall–Kier alpha value is -9.60. The summed E-state index contributed by atoms with van der Waals surface area (Å²) >= 11 is 3.75. The van der Waals surface area contributed by atoms with Crippen molar-refractivity contribution in [3.8, 4) is 67.8 Å². The Morgan fingerprint density at radius 2 is 0.816 bits per heavy atom. The molecule has 0 saturated heterocycles. The summed E-state index contributed by atoms with van der Waals surface area (Å²) in [6, 6.07) is 83.0. The molecule has 0 atom stereocenters. The fourth-order valence-corrected chi connectivity index (χ4v) is 14.2. The Morgan fingerprint density at radius 1 is 0.303 bits per heavy atom. The highest BCUT2D eigenvalue weighted by atomic mass is 32.1. The van der Waals surface area contributed by atoms with Crippen LogP contribution >= 0.6 is 22.7 Å². The monoisotopic (exact) mass is 1000 g/mol. The summed E-state index contributed by atoms with van der Waals surface area (Å²) in [5, 5.41) is 10.1. The summed E-state index contributed by atoms with van der Waals surface area (Å²) in [6.45, 7) is 0. The molecule has 0 amide bonds. The highest BCUT2D eigenvalue weighted by molar-refractivity contribution is 7.27. The van der Waals surface area contributed by atoms with Crippen molar-refractivity contribution in [3.63, 3.8) is 0 Å². The summed E-state index contributed by atoms with van der Waals surface area (Å²) in [5.74, 6) is 1.79. The van der Waals surface area contributed by atoms with E-state index < -0.39 is 0 Å². The van der Waals surface area contributed by atoms with Crippen LogP contribution in [0.5, 0.6) is 0 Å². The van der Waals surface area contributed by atoms with Gasteiger partial charge in [-0.15, -0.1) is 22.7 Å². The van der Waals surface area contributed by atoms with Gasteiger partial charge < -0.3 is 9.13 Å². The van der Waals surface area contributed by atoms with Gasteiger partial charge in [-0.1, -0.05) is 152 Å². The quantitative estimate of drug-likeness (QED) is 0.160. The maximum atomic E-state index is 5.42. The number of benzene rings is 10. The van der Waals surface area contributed by atoms with Crippen molar-refractivity contribution < 1.29 is 0 Å². The molecule has 6 nitrogen and oxygen atoms in total. The summed E-state index contributed by atoms with van der Waals surface area (Å²) in [5.41, 5.74) is 13.5. The molecule has 8 heteroatoms. The summed E-state index contributed by atoms with van der Waals surface area (Å²) in [6.07, 6.45) is 3.74. The highest BCUT2D eigenvalue weighted by Gasteiger charge is 2.25. The van der Waals surface area contributed by atoms with Crippen LogP contribution in [-0.2, 0) is 0 Å². The zero-order valence-corrected chi connectivity index (χ0v) is 42.2. The minimum Gasteiger partial charge on any atom is -0.309 e. The van der Waals surface area contributed by atoms with Gasteiger partial charge in [0.05, 0.1) is 27.8 Å². The first-order valence-electron chi connectivity index (χ1n) is 25.4. The minimum atomic E-state index is 0.581. The minimum absolute atomic E-state index is 0.581. The lowest BCUT2D eigenvalue weighted by Crippen LogP contribution is -2.04. The zero-order valence-electron chi connectivity index (χ0n) is 40.6. The molecular formula is C68H40N6S2.